The van der Waals surface area contributed by atoms with Crippen molar-refractivity contribution in [2.75, 3.05) is 6.54 Å². The molecule has 23 heavy (non-hydrogen) atoms. The van der Waals surface area contributed by atoms with Gasteiger partial charge in [0.2, 0.25) is 17.6 Å². The van der Waals surface area contributed by atoms with Crippen LogP contribution in [0.1, 0.15) is 32.6 Å². The van der Waals surface area contributed by atoms with E-state index in [1.54, 1.807) is 26.0 Å². The van der Waals surface area contributed by atoms with E-state index in [0.29, 0.717) is 23.9 Å². The van der Waals surface area contributed by atoms with Gasteiger partial charge in [-0.15, -0.1) is 0 Å². The first-order valence-electron chi connectivity index (χ1n) is 7.37. The predicted octanol–water partition coefficient (Wildman–Crippen LogP) is 1.72. The molecule has 1 N–H and O–H groups in total. The van der Waals surface area contributed by atoms with Crippen molar-refractivity contribution in [2.24, 2.45) is 0 Å². The van der Waals surface area contributed by atoms with Gasteiger partial charge in [-0.2, -0.15) is 4.98 Å². The van der Waals surface area contributed by atoms with Crippen LogP contribution in [-0.4, -0.2) is 34.7 Å². The zero-order chi connectivity index (χ0) is 16.7. The SMILES string of the molecule is CC(C)OC(=O)CCNC(=O)CCc1nc(-c2ccco2)no1. The number of carbonyl (C=O) groups is 2. The van der Waals surface area contributed by atoms with Gasteiger partial charge in [0.15, 0.2) is 5.76 Å². The summed E-state index contributed by atoms with van der Waals surface area (Å²) in [4.78, 5) is 27.1. The van der Waals surface area contributed by atoms with E-state index in [4.69, 9.17) is 13.7 Å². The van der Waals surface area contributed by atoms with Crippen molar-refractivity contribution in [2.45, 2.75) is 39.2 Å². The van der Waals surface area contributed by atoms with Crippen LogP contribution in [0.15, 0.2) is 27.3 Å². The first kappa shape index (κ1) is 16.7. The molecule has 0 fully saturated rings. The molecular formula is C15H19N3O5. The number of hydrogen-bond acceptors (Lipinski definition) is 7. The fourth-order valence-corrected chi connectivity index (χ4v) is 1.80. The summed E-state index contributed by atoms with van der Waals surface area (Å²) in [6, 6.07) is 3.45. The van der Waals surface area contributed by atoms with Crippen LogP contribution in [0.2, 0.25) is 0 Å². The molecule has 124 valence electrons. The lowest BCUT2D eigenvalue weighted by Crippen LogP contribution is -2.27. The fraction of sp³-hybridized carbons (Fsp3) is 0.467. The number of esters is 1. The van der Waals surface area contributed by atoms with Crippen molar-refractivity contribution >= 4 is 11.9 Å². The summed E-state index contributed by atoms with van der Waals surface area (Å²) < 4.78 is 15.2. The molecule has 0 saturated carbocycles. The number of nitrogens with zero attached hydrogens (tertiary/aromatic N) is 2. The number of aromatic nitrogens is 2. The van der Waals surface area contributed by atoms with Crippen LogP contribution in [0.5, 0.6) is 0 Å². The van der Waals surface area contributed by atoms with E-state index in [2.05, 4.69) is 15.5 Å². The third-order valence-corrected chi connectivity index (χ3v) is 2.79. The maximum Gasteiger partial charge on any atom is 0.307 e. The second-order valence-corrected chi connectivity index (χ2v) is 5.13. The molecule has 2 heterocycles. The van der Waals surface area contributed by atoms with Crippen molar-refractivity contribution in [3.05, 3.63) is 24.3 Å². The minimum atomic E-state index is -0.333. The summed E-state index contributed by atoms with van der Waals surface area (Å²) in [6.45, 7) is 3.79. The zero-order valence-corrected chi connectivity index (χ0v) is 13.1. The highest BCUT2D eigenvalue weighted by Crippen LogP contribution is 2.16. The maximum atomic E-state index is 11.7. The Balaban J connectivity index is 1.68. The van der Waals surface area contributed by atoms with Crippen LogP contribution in [0.3, 0.4) is 0 Å². The standard InChI is InChI=1S/C15H19N3O5/c1-10(2)22-14(20)7-8-16-12(19)5-6-13-17-15(18-23-13)11-4-3-9-21-11/h3-4,9-10H,5-8H2,1-2H3,(H,16,19). The fourth-order valence-electron chi connectivity index (χ4n) is 1.80. The van der Waals surface area contributed by atoms with Gasteiger partial charge in [0.25, 0.3) is 0 Å². The number of furan rings is 1. The highest BCUT2D eigenvalue weighted by molar-refractivity contribution is 5.77. The van der Waals surface area contributed by atoms with Crippen LogP contribution in [0.25, 0.3) is 11.6 Å². The zero-order valence-electron chi connectivity index (χ0n) is 13.1. The van der Waals surface area contributed by atoms with E-state index >= 15 is 0 Å². The van der Waals surface area contributed by atoms with Gasteiger partial charge in [-0.05, 0) is 26.0 Å². The largest absolute Gasteiger partial charge is 0.463 e. The first-order valence-corrected chi connectivity index (χ1v) is 7.37. The molecule has 0 spiro atoms. The summed E-state index contributed by atoms with van der Waals surface area (Å²) in [6.07, 6.45) is 2.02. The van der Waals surface area contributed by atoms with Crippen LogP contribution < -0.4 is 5.32 Å². The molecule has 1 amide bonds. The lowest BCUT2D eigenvalue weighted by Gasteiger charge is -2.08. The molecule has 0 atom stereocenters. The molecule has 2 aromatic heterocycles. The molecule has 0 unspecified atom stereocenters. The quantitative estimate of drug-likeness (QED) is 0.737. The van der Waals surface area contributed by atoms with E-state index < -0.39 is 0 Å². The van der Waals surface area contributed by atoms with Crippen molar-refractivity contribution < 1.29 is 23.3 Å². The molecule has 2 rings (SSSR count). The average molecular weight is 321 g/mol. The molecule has 0 aliphatic carbocycles. The molecule has 2 aromatic rings. The van der Waals surface area contributed by atoms with Crippen molar-refractivity contribution in [3.8, 4) is 11.6 Å². The Morgan fingerprint density at radius 2 is 2.17 bits per heavy atom. The topological polar surface area (TPSA) is 107 Å². The van der Waals surface area contributed by atoms with Gasteiger partial charge in [0, 0.05) is 19.4 Å². The molecule has 0 aliphatic rings. The van der Waals surface area contributed by atoms with Gasteiger partial charge in [-0.1, -0.05) is 5.16 Å². The summed E-state index contributed by atoms with van der Waals surface area (Å²) in [5, 5.41) is 6.42. The number of nitrogens with one attached hydrogen (secondary N) is 1. The molecule has 0 aliphatic heterocycles. The number of carbonyl (C=O) groups excluding carboxylic acids is 2. The maximum absolute atomic E-state index is 11.7. The van der Waals surface area contributed by atoms with E-state index in [0.717, 1.165) is 0 Å². The second-order valence-electron chi connectivity index (χ2n) is 5.13. The van der Waals surface area contributed by atoms with Gasteiger partial charge < -0.3 is 19.0 Å². The Hall–Kier alpha value is -2.64. The average Bonchev–Trinajstić information content (AvgIpc) is 3.15. The molecular weight excluding hydrogens is 302 g/mol. The summed E-state index contributed by atoms with van der Waals surface area (Å²) in [5.74, 6) is 0.682. The Morgan fingerprint density at radius 1 is 1.35 bits per heavy atom. The number of aryl methyl sites for hydroxylation is 1. The van der Waals surface area contributed by atoms with Gasteiger partial charge in [0.05, 0.1) is 18.8 Å². The van der Waals surface area contributed by atoms with Gasteiger partial charge >= 0.3 is 5.97 Å². The van der Waals surface area contributed by atoms with E-state index in [1.165, 1.54) is 6.26 Å². The highest BCUT2D eigenvalue weighted by atomic mass is 16.5. The minimum absolute atomic E-state index is 0.146. The van der Waals surface area contributed by atoms with Gasteiger partial charge in [-0.25, -0.2) is 0 Å². The Labute approximate surface area is 133 Å². The molecule has 0 radical (unpaired) electrons. The Morgan fingerprint density at radius 3 is 2.87 bits per heavy atom. The third kappa shape index (κ3) is 5.57. The Bertz CT molecular complexity index is 633. The van der Waals surface area contributed by atoms with Crippen LogP contribution in [-0.2, 0) is 20.7 Å². The number of amides is 1. The molecule has 8 nitrogen and oxygen atoms in total. The van der Waals surface area contributed by atoms with E-state index in [1.807, 2.05) is 0 Å². The van der Waals surface area contributed by atoms with Crippen molar-refractivity contribution in [3.63, 3.8) is 0 Å². The minimum Gasteiger partial charge on any atom is -0.463 e. The lowest BCUT2D eigenvalue weighted by atomic mass is 10.3. The smallest absolute Gasteiger partial charge is 0.307 e. The normalized spacial score (nSPS) is 10.7. The monoisotopic (exact) mass is 321 g/mol. The third-order valence-electron chi connectivity index (χ3n) is 2.79. The van der Waals surface area contributed by atoms with Crippen LogP contribution in [0, 0.1) is 0 Å². The lowest BCUT2D eigenvalue weighted by molar-refractivity contribution is -0.147. The number of ether oxygens (including phenoxy) is 1. The number of rotatable bonds is 8. The van der Waals surface area contributed by atoms with E-state index in [9.17, 15) is 9.59 Å². The number of hydrogen-bond donors (Lipinski definition) is 1. The van der Waals surface area contributed by atoms with Crippen LogP contribution in [0.4, 0.5) is 0 Å². The molecule has 0 bridgehead atoms. The van der Waals surface area contributed by atoms with Gasteiger partial charge in [-0.3, -0.25) is 9.59 Å². The molecule has 0 aromatic carbocycles. The Kier molecular flexibility index (Phi) is 5.90. The highest BCUT2D eigenvalue weighted by Gasteiger charge is 2.12. The van der Waals surface area contributed by atoms with Crippen molar-refractivity contribution in [1.82, 2.24) is 15.5 Å². The summed E-state index contributed by atoms with van der Waals surface area (Å²) in [7, 11) is 0. The second kappa shape index (κ2) is 8.11. The van der Waals surface area contributed by atoms with E-state index in [-0.39, 0.29) is 37.4 Å². The first-order chi connectivity index (χ1) is 11.0. The molecule has 8 heteroatoms. The van der Waals surface area contributed by atoms with Gasteiger partial charge in [0.1, 0.15) is 0 Å². The summed E-state index contributed by atoms with van der Waals surface area (Å²) in [5.41, 5.74) is 0. The summed E-state index contributed by atoms with van der Waals surface area (Å²) >= 11 is 0. The molecule has 0 saturated heterocycles. The van der Waals surface area contributed by atoms with Crippen molar-refractivity contribution in [1.29, 1.82) is 0 Å². The van der Waals surface area contributed by atoms with Crippen LogP contribution >= 0.6 is 0 Å². The predicted molar refractivity (Wildman–Crippen MR) is 79.2 cm³/mol.